The summed E-state index contributed by atoms with van der Waals surface area (Å²) in [6.45, 7) is 7.08. The summed E-state index contributed by atoms with van der Waals surface area (Å²) in [5.74, 6) is -0.549. The first-order valence-corrected chi connectivity index (χ1v) is 12.3. The molecule has 4 nitrogen and oxygen atoms in total. The summed E-state index contributed by atoms with van der Waals surface area (Å²) in [6, 6.07) is 12.2. The van der Waals surface area contributed by atoms with Gasteiger partial charge in [-0.2, -0.15) is 0 Å². The second-order valence-electron chi connectivity index (χ2n) is 7.07. The fraction of sp³-hybridized carbons (Fsp3) is 0.391. The van der Waals surface area contributed by atoms with Crippen LogP contribution >= 0.6 is 35.5 Å². The molecule has 2 aromatic carbocycles. The molecule has 0 aliphatic rings. The van der Waals surface area contributed by atoms with Crippen LogP contribution in [0.4, 0.5) is 13.9 Å². The molecule has 9 heteroatoms. The smallest absolute Gasteiger partial charge is 0.228 e. The van der Waals surface area contributed by atoms with Crippen molar-refractivity contribution in [2.24, 2.45) is 0 Å². The van der Waals surface area contributed by atoms with Gasteiger partial charge in [-0.3, -0.25) is 9.69 Å². The highest BCUT2D eigenvalue weighted by Crippen LogP contribution is 2.31. The average molecular weight is 500 g/mol. The number of carbonyl (C=O) groups is 1. The minimum absolute atomic E-state index is 0. The predicted molar refractivity (Wildman–Crippen MR) is 133 cm³/mol. The lowest BCUT2D eigenvalue weighted by atomic mass is 10.3. The van der Waals surface area contributed by atoms with Crippen LogP contribution in [0, 0.1) is 11.6 Å². The van der Waals surface area contributed by atoms with Crippen LogP contribution in [0.1, 0.15) is 26.7 Å². The van der Waals surface area contributed by atoms with Gasteiger partial charge in [0, 0.05) is 30.5 Å². The van der Waals surface area contributed by atoms with Crippen molar-refractivity contribution < 1.29 is 13.6 Å². The zero-order valence-corrected chi connectivity index (χ0v) is 20.7. The van der Waals surface area contributed by atoms with Gasteiger partial charge in [-0.1, -0.05) is 43.4 Å². The molecule has 0 bridgehead atoms. The highest BCUT2D eigenvalue weighted by molar-refractivity contribution is 7.99. The normalized spacial score (nSPS) is 11.0. The van der Waals surface area contributed by atoms with Crippen LogP contribution in [0.5, 0.6) is 0 Å². The number of thiazole rings is 1. The van der Waals surface area contributed by atoms with Gasteiger partial charge >= 0.3 is 0 Å². The van der Waals surface area contributed by atoms with Crippen LogP contribution in [-0.4, -0.2) is 47.7 Å². The summed E-state index contributed by atoms with van der Waals surface area (Å²) in [5.41, 5.74) is 0.113. The van der Waals surface area contributed by atoms with Gasteiger partial charge < -0.3 is 4.90 Å². The van der Waals surface area contributed by atoms with Crippen molar-refractivity contribution in [2.75, 3.05) is 36.8 Å². The van der Waals surface area contributed by atoms with Crippen molar-refractivity contribution in [1.29, 1.82) is 0 Å². The van der Waals surface area contributed by atoms with Crippen LogP contribution in [0.25, 0.3) is 10.2 Å². The van der Waals surface area contributed by atoms with Crippen molar-refractivity contribution in [3.63, 3.8) is 0 Å². The molecule has 0 saturated carbocycles. The van der Waals surface area contributed by atoms with Crippen LogP contribution in [0.2, 0.25) is 0 Å². The lowest BCUT2D eigenvalue weighted by molar-refractivity contribution is -0.118. The third-order valence-corrected chi connectivity index (χ3v) is 7.14. The second-order valence-corrected chi connectivity index (χ2v) is 9.25. The number of fused-ring (bicyclic) bond motifs is 1. The molecule has 0 atom stereocenters. The zero-order valence-electron chi connectivity index (χ0n) is 18.2. The highest BCUT2D eigenvalue weighted by Gasteiger charge is 2.21. The molecule has 1 aromatic heterocycles. The van der Waals surface area contributed by atoms with E-state index in [1.807, 2.05) is 18.2 Å². The first-order chi connectivity index (χ1) is 15.0. The first kappa shape index (κ1) is 26.5. The molecule has 0 saturated heterocycles. The van der Waals surface area contributed by atoms with Gasteiger partial charge in [-0.05, 0) is 43.5 Å². The monoisotopic (exact) mass is 499 g/mol. The Balaban J connectivity index is 0.00000363. The second kappa shape index (κ2) is 13.1. The van der Waals surface area contributed by atoms with E-state index in [0.717, 1.165) is 42.7 Å². The first-order valence-electron chi connectivity index (χ1n) is 10.5. The third-order valence-electron chi connectivity index (χ3n) is 5.02. The number of aromatic nitrogens is 1. The van der Waals surface area contributed by atoms with E-state index in [1.165, 1.54) is 11.0 Å². The number of benzene rings is 2. The van der Waals surface area contributed by atoms with Crippen molar-refractivity contribution in [2.45, 2.75) is 31.6 Å². The van der Waals surface area contributed by atoms with Crippen LogP contribution in [0.3, 0.4) is 0 Å². The standard InChI is InChI=1S/C23H27F2N3OS2.ClH/c1-3-27(4-2)12-13-28(21(29)11-8-14-30-18-9-6-5-7-10-18)23-26-22-19(25)15-17(24)16-20(22)31-23;/h5-7,9-10,15-16H,3-4,8,11-14H2,1-2H3;1H. The van der Waals surface area contributed by atoms with Gasteiger partial charge in [-0.25, -0.2) is 13.8 Å². The summed E-state index contributed by atoms with van der Waals surface area (Å²) < 4.78 is 28.2. The van der Waals surface area contributed by atoms with E-state index in [1.54, 1.807) is 16.7 Å². The summed E-state index contributed by atoms with van der Waals surface area (Å²) in [6.07, 6.45) is 1.11. The molecular formula is C23H28ClF2N3OS2. The Kier molecular flexibility index (Phi) is 10.8. The topological polar surface area (TPSA) is 36.4 Å². The minimum atomic E-state index is -0.701. The molecule has 0 spiro atoms. The Morgan fingerprint density at radius 1 is 1.09 bits per heavy atom. The van der Waals surface area contributed by atoms with Crippen LogP contribution in [0.15, 0.2) is 47.4 Å². The molecule has 0 N–H and O–H groups in total. The van der Waals surface area contributed by atoms with E-state index in [2.05, 4.69) is 35.9 Å². The molecule has 1 heterocycles. The fourth-order valence-corrected chi connectivity index (χ4v) is 5.16. The van der Waals surface area contributed by atoms with Crippen LogP contribution < -0.4 is 4.90 Å². The van der Waals surface area contributed by atoms with Crippen LogP contribution in [-0.2, 0) is 4.79 Å². The molecule has 0 radical (unpaired) electrons. The van der Waals surface area contributed by atoms with E-state index >= 15 is 0 Å². The number of nitrogens with zero attached hydrogens (tertiary/aromatic N) is 3. The molecule has 0 unspecified atom stereocenters. The highest BCUT2D eigenvalue weighted by atomic mass is 35.5. The van der Waals surface area contributed by atoms with E-state index in [4.69, 9.17) is 0 Å². The number of hydrogen-bond donors (Lipinski definition) is 0. The van der Waals surface area contributed by atoms with Gasteiger partial charge in [0.2, 0.25) is 5.91 Å². The Labute approximate surface area is 202 Å². The number of hydrogen-bond acceptors (Lipinski definition) is 5. The number of anilines is 1. The summed E-state index contributed by atoms with van der Waals surface area (Å²) in [4.78, 5) is 22.4. The lowest BCUT2D eigenvalue weighted by Gasteiger charge is -2.24. The molecular weight excluding hydrogens is 472 g/mol. The van der Waals surface area contributed by atoms with Gasteiger partial charge in [0.15, 0.2) is 10.9 Å². The molecule has 0 fully saturated rings. The van der Waals surface area contributed by atoms with Gasteiger partial charge in [-0.15, -0.1) is 24.2 Å². The largest absolute Gasteiger partial charge is 0.302 e. The van der Waals surface area contributed by atoms with Crippen molar-refractivity contribution in [3.8, 4) is 0 Å². The van der Waals surface area contributed by atoms with E-state index in [-0.39, 0.29) is 23.8 Å². The van der Waals surface area contributed by atoms with Gasteiger partial charge in [0.05, 0.1) is 4.70 Å². The maximum absolute atomic E-state index is 14.1. The Bertz CT molecular complexity index is 1000. The number of halogens is 3. The van der Waals surface area contributed by atoms with E-state index in [9.17, 15) is 13.6 Å². The van der Waals surface area contributed by atoms with Crippen molar-refractivity contribution in [3.05, 3.63) is 54.1 Å². The number of likely N-dealkylation sites (N-methyl/N-ethyl adjacent to an activating group) is 1. The molecule has 174 valence electrons. The molecule has 3 rings (SSSR count). The molecule has 3 aromatic rings. The lowest BCUT2D eigenvalue weighted by Crippen LogP contribution is -2.38. The maximum atomic E-state index is 14.1. The number of thioether (sulfide) groups is 1. The molecule has 32 heavy (non-hydrogen) atoms. The van der Waals surface area contributed by atoms with Gasteiger partial charge in [0.1, 0.15) is 11.3 Å². The zero-order chi connectivity index (χ0) is 22.2. The summed E-state index contributed by atoms with van der Waals surface area (Å²) in [5, 5.41) is 0.423. The van der Waals surface area contributed by atoms with Crippen molar-refractivity contribution >= 4 is 56.8 Å². The number of carbonyl (C=O) groups excluding carboxylic acids is 1. The Hall–Kier alpha value is -1.74. The molecule has 0 aliphatic heterocycles. The van der Waals surface area contributed by atoms with E-state index < -0.39 is 11.6 Å². The third kappa shape index (κ3) is 7.13. The molecule has 1 amide bonds. The average Bonchev–Trinajstić information content (AvgIpc) is 3.19. The number of rotatable bonds is 11. The molecule has 0 aliphatic carbocycles. The Morgan fingerprint density at radius 3 is 2.50 bits per heavy atom. The van der Waals surface area contributed by atoms with Crippen molar-refractivity contribution in [1.82, 2.24) is 9.88 Å². The fourth-order valence-electron chi connectivity index (χ4n) is 3.23. The summed E-state index contributed by atoms with van der Waals surface area (Å²) >= 11 is 2.87. The van der Waals surface area contributed by atoms with E-state index in [0.29, 0.717) is 29.3 Å². The van der Waals surface area contributed by atoms with Gasteiger partial charge in [0.25, 0.3) is 0 Å². The number of amides is 1. The quantitative estimate of drug-likeness (QED) is 0.231. The predicted octanol–water partition coefficient (Wildman–Crippen LogP) is 6.24. The minimum Gasteiger partial charge on any atom is -0.302 e. The maximum Gasteiger partial charge on any atom is 0.228 e. The SMILES string of the molecule is CCN(CC)CCN(C(=O)CCCSc1ccccc1)c1nc2c(F)cc(F)cc2s1.Cl. The summed E-state index contributed by atoms with van der Waals surface area (Å²) in [7, 11) is 0. The Morgan fingerprint density at radius 2 is 1.81 bits per heavy atom.